The zero-order valence-electron chi connectivity index (χ0n) is 15.9. The number of aromatic hydroxyl groups is 1. The number of likely N-dealkylation sites (tertiary alicyclic amines) is 1. The molecule has 28 heavy (non-hydrogen) atoms. The summed E-state index contributed by atoms with van der Waals surface area (Å²) >= 11 is 0. The van der Waals surface area contributed by atoms with Gasteiger partial charge in [-0.15, -0.1) is 0 Å². The standard InChI is InChI=1S/C22H23N3O3/c1-3-21(27)25-12-22(4-2,13-25)14-28-20-9-18(15-5-7-16(26)8-6-15)24-19-11-23-10-17(19)20/h3,5-10,26H,1,4,11-14H2,2H3. The maximum atomic E-state index is 11.8. The molecule has 2 aliphatic heterocycles. The Bertz CT molecular complexity index is 944. The van der Waals surface area contributed by atoms with Crippen LogP contribution in [0, 0.1) is 5.41 Å². The van der Waals surface area contributed by atoms with Crippen LogP contribution in [0.5, 0.6) is 11.5 Å². The Balaban J connectivity index is 1.56. The fourth-order valence-corrected chi connectivity index (χ4v) is 3.66. The van der Waals surface area contributed by atoms with Crippen LogP contribution < -0.4 is 4.74 Å². The van der Waals surface area contributed by atoms with E-state index in [9.17, 15) is 9.90 Å². The van der Waals surface area contributed by atoms with Gasteiger partial charge >= 0.3 is 0 Å². The second kappa shape index (κ2) is 7.11. The Hall–Kier alpha value is -3.15. The number of benzene rings is 1. The minimum atomic E-state index is -0.0384. The Labute approximate surface area is 164 Å². The summed E-state index contributed by atoms with van der Waals surface area (Å²) in [6.45, 7) is 8.11. The molecule has 4 rings (SSSR count). The van der Waals surface area contributed by atoms with Gasteiger partial charge in [0.05, 0.1) is 30.1 Å². The molecule has 1 aromatic heterocycles. The largest absolute Gasteiger partial charge is 0.508 e. The molecule has 0 bridgehead atoms. The van der Waals surface area contributed by atoms with E-state index >= 15 is 0 Å². The molecule has 1 amide bonds. The van der Waals surface area contributed by atoms with Gasteiger partial charge in [-0.3, -0.25) is 9.79 Å². The highest BCUT2D eigenvalue weighted by Gasteiger charge is 2.44. The monoisotopic (exact) mass is 377 g/mol. The zero-order valence-corrected chi connectivity index (χ0v) is 15.9. The van der Waals surface area contributed by atoms with Crippen LogP contribution in [0.4, 0.5) is 0 Å². The van der Waals surface area contributed by atoms with Crippen LogP contribution in [-0.4, -0.2) is 46.8 Å². The minimum Gasteiger partial charge on any atom is -0.508 e. The average molecular weight is 377 g/mol. The van der Waals surface area contributed by atoms with Crippen molar-refractivity contribution < 1.29 is 14.6 Å². The topological polar surface area (TPSA) is 75.0 Å². The number of aliphatic imine (C=N–C) groups is 1. The number of nitrogens with zero attached hydrogens (tertiary/aromatic N) is 3. The number of ether oxygens (including phenoxy) is 1. The molecule has 1 aromatic carbocycles. The molecule has 0 saturated carbocycles. The molecule has 2 aliphatic rings. The Morgan fingerprint density at radius 3 is 2.79 bits per heavy atom. The van der Waals surface area contributed by atoms with E-state index in [-0.39, 0.29) is 17.1 Å². The van der Waals surface area contributed by atoms with Crippen LogP contribution in [0.2, 0.25) is 0 Å². The van der Waals surface area contributed by atoms with Gasteiger partial charge in [-0.2, -0.15) is 0 Å². The third-order valence-electron chi connectivity index (χ3n) is 5.55. The highest BCUT2D eigenvalue weighted by Crippen LogP contribution is 2.37. The molecule has 0 unspecified atom stereocenters. The molecular weight excluding hydrogens is 354 g/mol. The van der Waals surface area contributed by atoms with E-state index in [4.69, 9.17) is 9.72 Å². The molecule has 144 valence electrons. The fraction of sp³-hybridized carbons (Fsp3) is 0.318. The molecule has 2 aromatic rings. The van der Waals surface area contributed by atoms with E-state index in [1.54, 1.807) is 17.0 Å². The highest BCUT2D eigenvalue weighted by atomic mass is 16.5. The van der Waals surface area contributed by atoms with Gasteiger partial charge in [-0.25, -0.2) is 4.98 Å². The summed E-state index contributed by atoms with van der Waals surface area (Å²) in [7, 11) is 0. The number of pyridine rings is 1. The van der Waals surface area contributed by atoms with E-state index in [1.165, 1.54) is 6.08 Å². The van der Waals surface area contributed by atoms with Crippen LogP contribution >= 0.6 is 0 Å². The van der Waals surface area contributed by atoms with E-state index in [0.717, 1.165) is 34.7 Å². The van der Waals surface area contributed by atoms with Crippen LogP contribution in [0.1, 0.15) is 24.6 Å². The number of rotatable bonds is 6. The Morgan fingerprint density at radius 1 is 1.36 bits per heavy atom. The predicted molar refractivity (Wildman–Crippen MR) is 108 cm³/mol. The van der Waals surface area contributed by atoms with E-state index in [2.05, 4.69) is 18.5 Å². The molecule has 0 spiro atoms. The molecule has 6 heteroatoms. The van der Waals surface area contributed by atoms with Crippen molar-refractivity contribution in [2.75, 3.05) is 19.7 Å². The number of hydrogen-bond donors (Lipinski definition) is 1. The third-order valence-corrected chi connectivity index (χ3v) is 5.55. The molecule has 0 aliphatic carbocycles. The summed E-state index contributed by atoms with van der Waals surface area (Å²) in [5.74, 6) is 0.949. The van der Waals surface area contributed by atoms with Gasteiger partial charge in [0.2, 0.25) is 5.91 Å². The maximum absolute atomic E-state index is 11.8. The molecule has 1 saturated heterocycles. The first kappa shape index (κ1) is 18.2. The van der Waals surface area contributed by atoms with Gasteiger partial charge in [0.15, 0.2) is 0 Å². The maximum Gasteiger partial charge on any atom is 0.245 e. The molecule has 1 fully saturated rings. The smallest absolute Gasteiger partial charge is 0.245 e. The molecule has 0 atom stereocenters. The highest BCUT2D eigenvalue weighted by molar-refractivity contribution is 5.88. The normalized spacial score (nSPS) is 16.4. The SMILES string of the molecule is C=CC(=O)N1CC(CC)(COc2cc(-c3ccc(O)cc3)nc3c2C=NC3)C1. The second-order valence-electron chi connectivity index (χ2n) is 7.42. The van der Waals surface area contributed by atoms with Crippen LogP contribution in [0.15, 0.2) is 48.0 Å². The summed E-state index contributed by atoms with van der Waals surface area (Å²) in [6, 6.07) is 8.89. The third kappa shape index (κ3) is 3.26. The first-order chi connectivity index (χ1) is 13.5. The number of phenols is 1. The molecule has 3 heterocycles. The first-order valence-corrected chi connectivity index (χ1v) is 9.41. The van der Waals surface area contributed by atoms with Crippen molar-refractivity contribution in [1.29, 1.82) is 0 Å². The van der Waals surface area contributed by atoms with Crippen LogP contribution in [0.25, 0.3) is 11.3 Å². The summed E-state index contributed by atoms with van der Waals surface area (Å²) in [6.07, 6.45) is 4.10. The van der Waals surface area contributed by atoms with Gasteiger partial charge < -0.3 is 14.7 Å². The number of carbonyl (C=O) groups excluding carboxylic acids is 1. The Kier molecular flexibility index (Phi) is 4.63. The lowest BCUT2D eigenvalue weighted by atomic mass is 9.78. The first-order valence-electron chi connectivity index (χ1n) is 9.41. The van der Waals surface area contributed by atoms with E-state index < -0.39 is 0 Å². The lowest BCUT2D eigenvalue weighted by molar-refractivity contribution is -0.140. The van der Waals surface area contributed by atoms with Gasteiger partial charge in [-0.1, -0.05) is 13.5 Å². The number of carbonyl (C=O) groups is 1. The van der Waals surface area contributed by atoms with E-state index in [1.807, 2.05) is 24.4 Å². The predicted octanol–water partition coefficient (Wildman–Crippen LogP) is 3.19. The van der Waals surface area contributed by atoms with Gasteiger partial charge in [0.25, 0.3) is 0 Å². The van der Waals surface area contributed by atoms with Crippen LogP contribution in [0.3, 0.4) is 0 Å². The van der Waals surface area contributed by atoms with Crippen LogP contribution in [-0.2, 0) is 11.3 Å². The average Bonchev–Trinajstić information content (AvgIpc) is 3.16. The van der Waals surface area contributed by atoms with Crippen molar-refractivity contribution in [3.05, 3.63) is 54.2 Å². The molecular formula is C22H23N3O3. The molecule has 1 N–H and O–H groups in total. The quantitative estimate of drug-likeness (QED) is 0.785. The minimum absolute atomic E-state index is 0.0318. The van der Waals surface area contributed by atoms with Crippen molar-refractivity contribution in [3.8, 4) is 22.8 Å². The summed E-state index contributed by atoms with van der Waals surface area (Å²) < 4.78 is 6.25. The van der Waals surface area contributed by atoms with Crippen molar-refractivity contribution in [3.63, 3.8) is 0 Å². The van der Waals surface area contributed by atoms with Crippen molar-refractivity contribution in [1.82, 2.24) is 9.88 Å². The van der Waals surface area contributed by atoms with E-state index in [0.29, 0.717) is 26.2 Å². The van der Waals surface area contributed by atoms with Gasteiger partial charge in [0.1, 0.15) is 11.5 Å². The summed E-state index contributed by atoms with van der Waals surface area (Å²) in [4.78, 5) is 22.6. The van der Waals surface area contributed by atoms with Gasteiger partial charge in [0, 0.05) is 36.3 Å². The van der Waals surface area contributed by atoms with Gasteiger partial charge in [-0.05, 0) is 36.8 Å². The lowest BCUT2D eigenvalue weighted by Gasteiger charge is -2.49. The number of phenolic OH excluding ortho intramolecular Hbond substituents is 1. The lowest BCUT2D eigenvalue weighted by Crippen LogP contribution is -2.60. The number of hydrogen-bond acceptors (Lipinski definition) is 5. The summed E-state index contributed by atoms with van der Waals surface area (Å²) in [5, 5.41) is 9.53. The number of amides is 1. The summed E-state index contributed by atoms with van der Waals surface area (Å²) in [5.41, 5.74) is 3.48. The van der Waals surface area contributed by atoms with Crippen molar-refractivity contribution in [2.24, 2.45) is 10.4 Å². The number of aromatic nitrogens is 1. The zero-order chi connectivity index (χ0) is 19.7. The second-order valence-corrected chi connectivity index (χ2v) is 7.42. The Morgan fingerprint density at radius 2 is 2.11 bits per heavy atom. The van der Waals surface area contributed by atoms with Crippen molar-refractivity contribution in [2.45, 2.75) is 19.9 Å². The number of fused-ring (bicyclic) bond motifs is 1. The van der Waals surface area contributed by atoms with Crippen molar-refractivity contribution >= 4 is 12.1 Å². The molecule has 0 radical (unpaired) electrons. The molecule has 6 nitrogen and oxygen atoms in total. The fourth-order valence-electron chi connectivity index (χ4n) is 3.66.